The van der Waals surface area contributed by atoms with Crippen molar-refractivity contribution in [2.75, 3.05) is 109 Å². The molecule has 0 aliphatic carbocycles. The molecule has 0 spiro atoms. The third-order valence-electron chi connectivity index (χ3n) is 5.39. The summed E-state index contributed by atoms with van der Waals surface area (Å²) in [6.45, 7) is 0.284. The van der Waals surface area contributed by atoms with Crippen molar-refractivity contribution in [1.82, 2.24) is 19.6 Å². The Hall–Kier alpha value is -2.36. The summed E-state index contributed by atoms with van der Waals surface area (Å²) in [6, 6.07) is 0. The number of rotatable bonds is 4. The molecular formula is C24H44N4O10. The van der Waals surface area contributed by atoms with Crippen LogP contribution < -0.4 is 0 Å². The van der Waals surface area contributed by atoms with Gasteiger partial charge in [0, 0.05) is 56.4 Å². The Balaban J connectivity index is 3.06. The average Bonchev–Trinajstić information content (AvgIpc) is 2.86. The molecule has 0 N–H and O–H groups in total. The van der Waals surface area contributed by atoms with Gasteiger partial charge >= 0.3 is 0 Å². The van der Waals surface area contributed by atoms with E-state index in [1.165, 1.54) is 19.6 Å². The molecule has 0 radical (unpaired) electrons. The molecule has 0 aromatic heterocycles. The summed E-state index contributed by atoms with van der Waals surface area (Å²) >= 11 is 0. The summed E-state index contributed by atoms with van der Waals surface area (Å²) in [5.74, 6) is -1.73. The normalized spacial score (nSPS) is 24.8. The highest BCUT2D eigenvalue weighted by molar-refractivity contribution is 5.91. The van der Waals surface area contributed by atoms with Gasteiger partial charge in [0.05, 0.1) is 52.9 Å². The zero-order valence-electron chi connectivity index (χ0n) is 23.8. The zero-order valence-corrected chi connectivity index (χ0v) is 23.8. The van der Waals surface area contributed by atoms with E-state index < -0.39 is 48.0 Å². The van der Waals surface area contributed by atoms with Gasteiger partial charge in [-0.3, -0.25) is 19.2 Å². The maximum atomic E-state index is 12.8. The van der Waals surface area contributed by atoms with Gasteiger partial charge in [-0.15, -0.1) is 0 Å². The molecule has 1 heterocycles. The molecule has 1 fully saturated rings. The fraction of sp³-hybridized carbons (Fsp3) is 0.833. The zero-order chi connectivity index (χ0) is 28.8. The molecule has 1 aliphatic rings. The summed E-state index contributed by atoms with van der Waals surface area (Å²) in [4.78, 5) is 56.6. The highest BCUT2D eigenvalue weighted by Crippen LogP contribution is 2.13. The molecule has 14 nitrogen and oxygen atoms in total. The Labute approximate surface area is 224 Å². The standard InChI is InChI=1S/C24H44N4O10/c1-25(2)21(29)17-18(22(30)26(3)4)36-14-10-34-12-16-38-20(24(32)28(7)8)19(23(31)27(5)6)37-15-11-33-9-13-35-17/h17-20H,9-16H2,1-8H3/t17-,18-,19-,20-/m1/s1. The van der Waals surface area contributed by atoms with Gasteiger partial charge in [-0.2, -0.15) is 0 Å². The summed E-state index contributed by atoms with van der Waals surface area (Å²) in [5.41, 5.74) is 0. The van der Waals surface area contributed by atoms with E-state index >= 15 is 0 Å². The molecule has 14 heteroatoms. The van der Waals surface area contributed by atoms with Gasteiger partial charge < -0.3 is 48.0 Å². The van der Waals surface area contributed by atoms with Crippen LogP contribution >= 0.6 is 0 Å². The van der Waals surface area contributed by atoms with Gasteiger partial charge in [0.2, 0.25) is 0 Å². The quantitative estimate of drug-likeness (QED) is 0.385. The number of carbonyl (C=O) groups excluding carboxylic acids is 4. The number of likely N-dealkylation sites (N-methyl/N-ethyl adjacent to an activating group) is 4. The minimum Gasteiger partial charge on any atom is -0.377 e. The highest BCUT2D eigenvalue weighted by atomic mass is 16.6. The molecule has 0 bridgehead atoms. The Bertz CT molecular complexity index is 640. The first kappa shape index (κ1) is 33.7. The number of amides is 4. The van der Waals surface area contributed by atoms with Crippen LogP contribution in [-0.2, 0) is 47.6 Å². The van der Waals surface area contributed by atoms with E-state index in [0.29, 0.717) is 0 Å². The Kier molecular flexibility index (Phi) is 15.3. The Morgan fingerprint density at radius 1 is 0.395 bits per heavy atom. The van der Waals surface area contributed by atoms with E-state index in [9.17, 15) is 19.2 Å². The van der Waals surface area contributed by atoms with E-state index in [0.717, 1.165) is 0 Å². The summed E-state index contributed by atoms with van der Waals surface area (Å²) in [5, 5.41) is 0. The third kappa shape index (κ3) is 10.8. The highest BCUT2D eigenvalue weighted by Gasteiger charge is 2.39. The van der Waals surface area contributed by atoms with Crippen molar-refractivity contribution in [3.8, 4) is 0 Å². The third-order valence-corrected chi connectivity index (χ3v) is 5.39. The van der Waals surface area contributed by atoms with Gasteiger partial charge in [-0.25, -0.2) is 0 Å². The molecule has 0 aromatic rings. The largest absolute Gasteiger partial charge is 0.377 e. The van der Waals surface area contributed by atoms with Crippen LogP contribution in [-0.4, -0.2) is 177 Å². The SMILES string of the molecule is CN(C)C(=O)[C@@H]1OCCOCCO[C@@H](C(=O)N(C)C)[C@H](C(=O)N(C)C)OCCOCCO[C@H]1C(=O)N(C)C. The molecule has 1 aliphatic heterocycles. The van der Waals surface area contributed by atoms with Gasteiger partial charge in [0.1, 0.15) is 0 Å². The smallest absolute Gasteiger partial charge is 0.254 e. The Morgan fingerprint density at radius 3 is 0.737 bits per heavy atom. The van der Waals surface area contributed by atoms with Crippen LogP contribution in [0, 0.1) is 0 Å². The molecule has 0 aromatic carbocycles. The Morgan fingerprint density at radius 2 is 0.579 bits per heavy atom. The molecule has 1 rings (SSSR count). The van der Waals surface area contributed by atoms with E-state index in [4.69, 9.17) is 28.4 Å². The molecule has 4 amide bonds. The van der Waals surface area contributed by atoms with Crippen molar-refractivity contribution in [2.24, 2.45) is 0 Å². The second-order valence-electron chi connectivity index (χ2n) is 9.32. The average molecular weight is 549 g/mol. The minimum atomic E-state index is -1.19. The van der Waals surface area contributed by atoms with Crippen molar-refractivity contribution in [3.05, 3.63) is 0 Å². The predicted octanol–water partition coefficient (Wildman–Crippen LogP) is -2.07. The second kappa shape index (κ2) is 17.3. The van der Waals surface area contributed by atoms with Crippen molar-refractivity contribution in [3.63, 3.8) is 0 Å². The van der Waals surface area contributed by atoms with Gasteiger partial charge in [0.25, 0.3) is 23.6 Å². The van der Waals surface area contributed by atoms with Gasteiger partial charge in [0.15, 0.2) is 24.4 Å². The van der Waals surface area contributed by atoms with Gasteiger partial charge in [-0.05, 0) is 0 Å². The summed E-state index contributed by atoms with van der Waals surface area (Å²) in [7, 11) is 12.5. The lowest BCUT2D eigenvalue weighted by Gasteiger charge is -2.30. The second-order valence-corrected chi connectivity index (χ2v) is 9.32. The molecule has 220 valence electrons. The van der Waals surface area contributed by atoms with E-state index in [2.05, 4.69) is 0 Å². The van der Waals surface area contributed by atoms with Crippen molar-refractivity contribution in [2.45, 2.75) is 24.4 Å². The van der Waals surface area contributed by atoms with Crippen LogP contribution in [0.15, 0.2) is 0 Å². The monoisotopic (exact) mass is 548 g/mol. The molecule has 0 unspecified atom stereocenters. The number of nitrogens with zero attached hydrogens (tertiary/aromatic N) is 4. The van der Waals surface area contributed by atoms with E-state index in [1.807, 2.05) is 0 Å². The summed E-state index contributed by atoms with van der Waals surface area (Å²) in [6.07, 6.45) is -4.77. The molecule has 38 heavy (non-hydrogen) atoms. The van der Waals surface area contributed by atoms with Crippen LogP contribution in [0.1, 0.15) is 0 Å². The molecule has 1 saturated heterocycles. The maximum absolute atomic E-state index is 12.8. The molecular weight excluding hydrogens is 504 g/mol. The first-order valence-corrected chi connectivity index (χ1v) is 12.4. The van der Waals surface area contributed by atoms with Crippen LogP contribution in [0.4, 0.5) is 0 Å². The lowest BCUT2D eigenvalue weighted by Crippen LogP contribution is -2.52. The number of carbonyl (C=O) groups is 4. The first-order valence-electron chi connectivity index (χ1n) is 12.4. The van der Waals surface area contributed by atoms with Gasteiger partial charge in [-0.1, -0.05) is 0 Å². The minimum absolute atomic E-state index is 0.00771. The molecule has 0 saturated carbocycles. The van der Waals surface area contributed by atoms with Crippen molar-refractivity contribution < 1.29 is 47.6 Å². The van der Waals surface area contributed by atoms with Crippen LogP contribution in [0.25, 0.3) is 0 Å². The lowest BCUT2D eigenvalue weighted by atomic mass is 10.1. The van der Waals surface area contributed by atoms with E-state index in [-0.39, 0.29) is 52.9 Å². The van der Waals surface area contributed by atoms with Crippen LogP contribution in [0.2, 0.25) is 0 Å². The number of ether oxygens (including phenoxy) is 6. The first-order chi connectivity index (χ1) is 17.9. The number of hydrogen-bond acceptors (Lipinski definition) is 10. The number of hydrogen-bond donors (Lipinski definition) is 0. The van der Waals surface area contributed by atoms with Crippen molar-refractivity contribution >= 4 is 23.6 Å². The summed E-state index contributed by atoms with van der Waals surface area (Å²) < 4.78 is 34.1. The van der Waals surface area contributed by atoms with Crippen LogP contribution in [0.3, 0.4) is 0 Å². The molecule has 4 atom stereocenters. The maximum Gasteiger partial charge on any atom is 0.254 e. The van der Waals surface area contributed by atoms with Crippen LogP contribution in [0.5, 0.6) is 0 Å². The lowest BCUT2D eigenvalue weighted by molar-refractivity contribution is -0.173. The predicted molar refractivity (Wildman–Crippen MR) is 135 cm³/mol. The fourth-order valence-corrected chi connectivity index (χ4v) is 3.31. The van der Waals surface area contributed by atoms with Crippen molar-refractivity contribution in [1.29, 1.82) is 0 Å². The fourth-order valence-electron chi connectivity index (χ4n) is 3.31. The topological polar surface area (TPSA) is 137 Å². The van der Waals surface area contributed by atoms with E-state index in [1.54, 1.807) is 56.4 Å².